The van der Waals surface area contributed by atoms with E-state index in [2.05, 4.69) is 21.2 Å². The fraction of sp³-hybridized carbons (Fsp3) is 0.133. The summed E-state index contributed by atoms with van der Waals surface area (Å²) < 4.78 is 0.975. The molecule has 20 heavy (non-hydrogen) atoms. The lowest BCUT2D eigenvalue weighted by Crippen LogP contribution is -2.12. The monoisotopic (exact) mass is 334 g/mol. The van der Waals surface area contributed by atoms with Gasteiger partial charge in [0.15, 0.2) is 0 Å². The molecule has 1 unspecified atom stereocenters. The highest BCUT2D eigenvalue weighted by Gasteiger charge is 2.15. The van der Waals surface area contributed by atoms with Gasteiger partial charge in [0.2, 0.25) is 0 Å². The number of carboxylic acid groups (broad SMARTS) is 1. The Kier molecular flexibility index (Phi) is 4.29. The predicted octanol–water partition coefficient (Wildman–Crippen LogP) is 3.90. The third-order valence-electron chi connectivity index (χ3n) is 3.04. The number of anilines is 2. The van der Waals surface area contributed by atoms with Gasteiger partial charge in [0.25, 0.3) is 0 Å². The van der Waals surface area contributed by atoms with Crippen molar-refractivity contribution >= 4 is 33.3 Å². The van der Waals surface area contributed by atoms with Gasteiger partial charge in [-0.2, -0.15) is 0 Å². The van der Waals surface area contributed by atoms with Crippen molar-refractivity contribution in [2.45, 2.75) is 13.0 Å². The maximum Gasteiger partial charge on any atom is 0.337 e. The zero-order chi connectivity index (χ0) is 14.7. The van der Waals surface area contributed by atoms with Gasteiger partial charge in [-0.1, -0.05) is 34.1 Å². The molecule has 0 fully saturated rings. The zero-order valence-corrected chi connectivity index (χ0v) is 12.5. The lowest BCUT2D eigenvalue weighted by atomic mass is 10.1. The van der Waals surface area contributed by atoms with Crippen molar-refractivity contribution in [3.05, 3.63) is 58.1 Å². The molecule has 104 valence electrons. The molecule has 0 aliphatic heterocycles. The number of nitrogens with one attached hydrogen (secondary N) is 1. The molecule has 0 heterocycles. The minimum Gasteiger partial charge on any atom is -0.478 e. The first-order valence-corrected chi connectivity index (χ1v) is 6.92. The molecule has 0 saturated carbocycles. The van der Waals surface area contributed by atoms with Gasteiger partial charge in [0.1, 0.15) is 0 Å². The van der Waals surface area contributed by atoms with Crippen molar-refractivity contribution in [3.8, 4) is 0 Å². The molecule has 0 bridgehead atoms. The molecule has 0 aliphatic carbocycles. The van der Waals surface area contributed by atoms with Crippen LogP contribution in [0.5, 0.6) is 0 Å². The lowest BCUT2D eigenvalue weighted by molar-refractivity contribution is 0.0698. The minimum atomic E-state index is -0.999. The summed E-state index contributed by atoms with van der Waals surface area (Å²) in [5.41, 5.74) is 7.97. The highest BCUT2D eigenvalue weighted by Crippen LogP contribution is 2.28. The summed E-state index contributed by atoms with van der Waals surface area (Å²) in [6.07, 6.45) is 0. The number of hydrogen-bond donors (Lipinski definition) is 3. The summed E-state index contributed by atoms with van der Waals surface area (Å²) in [6, 6.07) is 12.6. The lowest BCUT2D eigenvalue weighted by Gasteiger charge is -2.19. The summed E-state index contributed by atoms with van der Waals surface area (Å²) in [5, 5.41) is 12.4. The summed E-state index contributed by atoms with van der Waals surface area (Å²) >= 11 is 3.42. The van der Waals surface area contributed by atoms with E-state index in [-0.39, 0.29) is 11.6 Å². The number of rotatable bonds is 4. The molecule has 1 atom stereocenters. The summed E-state index contributed by atoms with van der Waals surface area (Å²) in [6.45, 7) is 1.96. The van der Waals surface area contributed by atoms with Crippen molar-refractivity contribution in [1.82, 2.24) is 0 Å². The normalized spacial score (nSPS) is 11.9. The molecule has 4 N–H and O–H groups in total. The molecule has 2 rings (SSSR count). The van der Waals surface area contributed by atoms with E-state index in [0.717, 1.165) is 10.0 Å². The molecule has 0 radical (unpaired) electrons. The van der Waals surface area contributed by atoms with Crippen molar-refractivity contribution in [3.63, 3.8) is 0 Å². The van der Waals surface area contributed by atoms with Crippen LogP contribution in [0, 0.1) is 0 Å². The average Bonchev–Trinajstić information content (AvgIpc) is 2.40. The smallest absolute Gasteiger partial charge is 0.337 e. The quantitative estimate of drug-likeness (QED) is 0.741. The Hall–Kier alpha value is -2.01. The first-order chi connectivity index (χ1) is 9.49. The molecule has 2 aromatic carbocycles. The highest BCUT2D eigenvalue weighted by atomic mass is 79.9. The van der Waals surface area contributed by atoms with Crippen LogP contribution in [0.15, 0.2) is 46.9 Å². The topological polar surface area (TPSA) is 75.3 Å². The maximum absolute atomic E-state index is 11.2. The van der Waals surface area contributed by atoms with Gasteiger partial charge < -0.3 is 16.2 Å². The van der Waals surface area contributed by atoms with Gasteiger partial charge in [-0.05, 0) is 36.8 Å². The van der Waals surface area contributed by atoms with Gasteiger partial charge in [0, 0.05) is 10.5 Å². The van der Waals surface area contributed by atoms with Crippen LogP contribution in [0.25, 0.3) is 0 Å². The van der Waals surface area contributed by atoms with Crippen molar-refractivity contribution in [2.75, 3.05) is 11.1 Å². The van der Waals surface area contributed by atoms with Crippen molar-refractivity contribution in [2.24, 2.45) is 0 Å². The van der Waals surface area contributed by atoms with Crippen molar-refractivity contribution in [1.29, 1.82) is 0 Å². The van der Waals surface area contributed by atoms with E-state index in [0.29, 0.717) is 11.4 Å². The predicted molar refractivity (Wildman–Crippen MR) is 84.0 cm³/mol. The molecule has 0 amide bonds. The molecule has 0 spiro atoms. The molecule has 2 aromatic rings. The highest BCUT2D eigenvalue weighted by molar-refractivity contribution is 9.10. The number of hydrogen-bond acceptors (Lipinski definition) is 3. The fourth-order valence-corrected chi connectivity index (χ4v) is 2.40. The molecule has 0 aromatic heterocycles. The molecule has 5 heteroatoms. The second-order valence-electron chi connectivity index (χ2n) is 4.50. The number of nitrogens with two attached hydrogens (primary N) is 1. The number of carbonyl (C=O) groups is 1. The Morgan fingerprint density at radius 2 is 2.00 bits per heavy atom. The van der Waals surface area contributed by atoms with Gasteiger partial charge in [-0.15, -0.1) is 0 Å². The Bertz CT molecular complexity index is 644. The van der Waals surface area contributed by atoms with Gasteiger partial charge >= 0.3 is 5.97 Å². The number of carboxylic acids is 1. The first kappa shape index (κ1) is 14.4. The zero-order valence-electron chi connectivity index (χ0n) is 10.9. The Labute approximate surface area is 125 Å². The number of nitrogen functional groups attached to an aromatic ring is 1. The standard InChI is InChI=1S/C15H15BrN2O2/c1-9(10-4-2-5-11(16)8-10)18-14-12(15(19)20)6-3-7-13(14)17/h2-9,18H,17H2,1H3,(H,19,20). The van der Waals surface area contributed by atoms with Crippen LogP contribution < -0.4 is 11.1 Å². The van der Waals surface area contributed by atoms with E-state index in [1.165, 1.54) is 6.07 Å². The van der Waals surface area contributed by atoms with Gasteiger partial charge in [-0.25, -0.2) is 4.79 Å². The van der Waals surface area contributed by atoms with Crippen LogP contribution in [-0.2, 0) is 0 Å². The summed E-state index contributed by atoms with van der Waals surface area (Å²) in [7, 11) is 0. The molecule has 4 nitrogen and oxygen atoms in total. The maximum atomic E-state index is 11.2. The molecule has 0 saturated heterocycles. The van der Waals surface area contributed by atoms with Crippen LogP contribution in [0.4, 0.5) is 11.4 Å². The Morgan fingerprint density at radius 1 is 1.30 bits per heavy atom. The molecular formula is C15H15BrN2O2. The third kappa shape index (κ3) is 3.11. The summed E-state index contributed by atoms with van der Waals surface area (Å²) in [5.74, 6) is -0.999. The SMILES string of the molecule is CC(Nc1c(N)cccc1C(=O)O)c1cccc(Br)c1. The van der Waals surface area contributed by atoms with Crippen LogP contribution >= 0.6 is 15.9 Å². The average molecular weight is 335 g/mol. The fourth-order valence-electron chi connectivity index (χ4n) is 1.99. The van der Waals surface area contributed by atoms with Gasteiger partial charge in [0.05, 0.1) is 16.9 Å². The summed E-state index contributed by atoms with van der Waals surface area (Å²) in [4.78, 5) is 11.2. The Morgan fingerprint density at radius 3 is 2.65 bits per heavy atom. The Balaban J connectivity index is 2.32. The van der Waals surface area contributed by atoms with Gasteiger partial charge in [-0.3, -0.25) is 0 Å². The van der Waals surface area contributed by atoms with E-state index in [1.807, 2.05) is 31.2 Å². The first-order valence-electron chi connectivity index (χ1n) is 6.13. The number of aromatic carboxylic acids is 1. The van der Waals surface area contributed by atoms with Crippen LogP contribution in [0.2, 0.25) is 0 Å². The third-order valence-corrected chi connectivity index (χ3v) is 3.53. The van der Waals surface area contributed by atoms with E-state index >= 15 is 0 Å². The van der Waals surface area contributed by atoms with Crippen LogP contribution in [0.3, 0.4) is 0 Å². The van der Waals surface area contributed by atoms with Crippen LogP contribution in [0.1, 0.15) is 28.9 Å². The van der Waals surface area contributed by atoms with Crippen LogP contribution in [-0.4, -0.2) is 11.1 Å². The number of para-hydroxylation sites is 1. The minimum absolute atomic E-state index is 0.0599. The van der Waals surface area contributed by atoms with E-state index in [4.69, 9.17) is 5.73 Å². The number of halogens is 1. The molecule has 0 aliphatic rings. The van der Waals surface area contributed by atoms with E-state index < -0.39 is 5.97 Å². The second kappa shape index (κ2) is 5.96. The number of benzene rings is 2. The molecular weight excluding hydrogens is 320 g/mol. The largest absolute Gasteiger partial charge is 0.478 e. The van der Waals surface area contributed by atoms with E-state index in [9.17, 15) is 9.90 Å². The van der Waals surface area contributed by atoms with Crippen molar-refractivity contribution < 1.29 is 9.90 Å². The second-order valence-corrected chi connectivity index (χ2v) is 5.41. The van der Waals surface area contributed by atoms with E-state index in [1.54, 1.807) is 12.1 Å².